The molecule has 2 saturated heterocycles. The molecule has 0 radical (unpaired) electrons. The van der Waals surface area contributed by atoms with Gasteiger partial charge in [0.05, 0.1) is 17.1 Å². The van der Waals surface area contributed by atoms with Crippen molar-refractivity contribution in [3.63, 3.8) is 0 Å². The summed E-state index contributed by atoms with van der Waals surface area (Å²) in [6, 6.07) is 7.05. The second-order valence-corrected chi connectivity index (χ2v) is 8.88. The Bertz CT molecular complexity index is 952. The molecule has 2 aromatic heterocycles. The van der Waals surface area contributed by atoms with E-state index in [1.165, 1.54) is 16.2 Å². The van der Waals surface area contributed by atoms with Crippen LogP contribution in [0.15, 0.2) is 35.8 Å². The van der Waals surface area contributed by atoms with Crippen LogP contribution in [-0.2, 0) is 11.3 Å². The second kappa shape index (κ2) is 8.18. The number of thiophene rings is 1. The van der Waals surface area contributed by atoms with E-state index in [0.717, 1.165) is 10.4 Å². The summed E-state index contributed by atoms with van der Waals surface area (Å²) in [6.45, 7) is 5.24. The van der Waals surface area contributed by atoms with E-state index in [-0.39, 0.29) is 30.3 Å². The van der Waals surface area contributed by atoms with Gasteiger partial charge in [0.2, 0.25) is 0 Å². The number of nitrogens with zero attached hydrogens (tertiary/aromatic N) is 3. The van der Waals surface area contributed by atoms with Crippen molar-refractivity contribution in [1.82, 2.24) is 20.1 Å². The molecule has 0 unspecified atom stereocenters. The summed E-state index contributed by atoms with van der Waals surface area (Å²) >= 11 is 1.47. The van der Waals surface area contributed by atoms with Gasteiger partial charge in [-0.05, 0) is 61.2 Å². The Morgan fingerprint density at radius 2 is 2.03 bits per heavy atom. The summed E-state index contributed by atoms with van der Waals surface area (Å²) in [4.78, 5) is 47.0. The zero-order chi connectivity index (χ0) is 21.3. The third kappa shape index (κ3) is 3.49. The van der Waals surface area contributed by atoms with Crippen LogP contribution in [0.25, 0.3) is 0 Å². The van der Waals surface area contributed by atoms with Crippen LogP contribution in [0.3, 0.4) is 0 Å². The maximum Gasteiger partial charge on any atom is 0.325 e. The number of aryl methyl sites for hydroxylation is 1. The van der Waals surface area contributed by atoms with Crippen molar-refractivity contribution < 1.29 is 14.4 Å². The highest BCUT2D eigenvalue weighted by molar-refractivity contribution is 7.12. The fourth-order valence-electron chi connectivity index (χ4n) is 4.56. The molecule has 7 nitrogen and oxygen atoms in total. The number of amides is 4. The number of aromatic nitrogens is 1. The topological polar surface area (TPSA) is 82.6 Å². The minimum absolute atomic E-state index is 0.00108. The van der Waals surface area contributed by atoms with E-state index in [2.05, 4.69) is 10.3 Å². The number of pyridine rings is 1. The van der Waals surface area contributed by atoms with Crippen LogP contribution in [0.1, 0.15) is 47.1 Å². The molecule has 1 atom stereocenters. The first kappa shape index (κ1) is 20.5. The van der Waals surface area contributed by atoms with Gasteiger partial charge in [0.1, 0.15) is 5.54 Å². The van der Waals surface area contributed by atoms with E-state index in [0.29, 0.717) is 38.0 Å². The molecule has 158 valence electrons. The summed E-state index contributed by atoms with van der Waals surface area (Å²) in [6.07, 6.45) is 3.56. The highest BCUT2D eigenvalue weighted by Gasteiger charge is 2.55. The van der Waals surface area contributed by atoms with Gasteiger partial charge in [0.25, 0.3) is 11.8 Å². The molecule has 4 rings (SSSR count). The lowest BCUT2D eigenvalue weighted by atomic mass is 9.75. The molecule has 8 heteroatoms. The lowest BCUT2D eigenvalue weighted by molar-refractivity contribution is -0.134. The van der Waals surface area contributed by atoms with E-state index < -0.39 is 5.54 Å². The standard InChI is InChI=1S/C22H26N4O3S/c1-3-22(20(28)26(21(29)24-22)14-17-6-4-5-10-23-17)16-7-11-25(12-8-16)19(27)18-15(2)9-13-30-18/h4-6,9-10,13,16H,3,7-8,11-12,14H2,1-2H3,(H,24,29)/t22-/m1/s1. The van der Waals surface area contributed by atoms with Crippen molar-refractivity contribution in [1.29, 1.82) is 0 Å². The van der Waals surface area contributed by atoms with Crippen LogP contribution in [0.5, 0.6) is 0 Å². The summed E-state index contributed by atoms with van der Waals surface area (Å²) < 4.78 is 0. The number of urea groups is 1. The first-order chi connectivity index (χ1) is 14.5. The molecule has 0 bridgehead atoms. The van der Waals surface area contributed by atoms with Gasteiger partial charge in [0.15, 0.2) is 0 Å². The molecule has 0 saturated carbocycles. The van der Waals surface area contributed by atoms with Gasteiger partial charge in [0, 0.05) is 19.3 Å². The molecule has 4 amide bonds. The number of piperidine rings is 1. The average Bonchev–Trinajstić information content (AvgIpc) is 3.30. The maximum atomic E-state index is 13.4. The Morgan fingerprint density at radius 1 is 1.27 bits per heavy atom. The zero-order valence-electron chi connectivity index (χ0n) is 17.3. The van der Waals surface area contributed by atoms with Crippen molar-refractivity contribution in [2.45, 2.75) is 45.2 Å². The Kier molecular flexibility index (Phi) is 5.60. The molecule has 0 aliphatic carbocycles. The van der Waals surface area contributed by atoms with Gasteiger partial charge in [-0.3, -0.25) is 19.5 Å². The fraction of sp³-hybridized carbons (Fsp3) is 0.455. The number of hydrogen-bond donors (Lipinski definition) is 1. The average molecular weight is 427 g/mol. The van der Waals surface area contributed by atoms with E-state index >= 15 is 0 Å². The van der Waals surface area contributed by atoms with Crippen molar-refractivity contribution in [3.8, 4) is 0 Å². The Labute approximate surface area is 180 Å². The molecule has 0 spiro atoms. The number of imide groups is 1. The largest absolute Gasteiger partial charge is 0.338 e. The molecule has 1 N–H and O–H groups in total. The van der Waals surface area contributed by atoms with Crippen molar-refractivity contribution in [2.75, 3.05) is 13.1 Å². The van der Waals surface area contributed by atoms with Crippen LogP contribution < -0.4 is 5.32 Å². The molecule has 4 heterocycles. The molecular formula is C22H26N4O3S. The summed E-state index contributed by atoms with van der Waals surface area (Å²) in [5.41, 5.74) is 0.778. The lowest BCUT2D eigenvalue weighted by Crippen LogP contribution is -2.56. The third-order valence-electron chi connectivity index (χ3n) is 6.34. The fourth-order valence-corrected chi connectivity index (χ4v) is 5.45. The monoisotopic (exact) mass is 426 g/mol. The number of nitrogens with one attached hydrogen (secondary N) is 1. The number of hydrogen-bond acceptors (Lipinski definition) is 5. The molecule has 2 aliphatic rings. The Balaban J connectivity index is 1.46. The normalized spacial score (nSPS) is 22.5. The predicted molar refractivity (Wildman–Crippen MR) is 114 cm³/mol. The predicted octanol–water partition coefficient (Wildman–Crippen LogP) is 3.20. The summed E-state index contributed by atoms with van der Waals surface area (Å²) in [5, 5.41) is 4.93. The van der Waals surface area contributed by atoms with Crippen molar-refractivity contribution in [2.24, 2.45) is 5.92 Å². The van der Waals surface area contributed by atoms with Crippen LogP contribution in [0.4, 0.5) is 4.79 Å². The molecule has 2 aliphatic heterocycles. The molecule has 2 aromatic rings. The van der Waals surface area contributed by atoms with E-state index in [1.54, 1.807) is 12.3 Å². The first-order valence-electron chi connectivity index (χ1n) is 10.3. The van der Waals surface area contributed by atoms with Crippen LogP contribution in [0.2, 0.25) is 0 Å². The number of likely N-dealkylation sites (tertiary alicyclic amines) is 1. The van der Waals surface area contributed by atoms with Gasteiger partial charge < -0.3 is 10.2 Å². The smallest absolute Gasteiger partial charge is 0.325 e. The SMILES string of the molecule is CC[C@]1(C2CCN(C(=O)c3sccc3C)CC2)NC(=O)N(Cc2ccccn2)C1=O. The van der Waals surface area contributed by atoms with Crippen molar-refractivity contribution in [3.05, 3.63) is 52.0 Å². The number of rotatable bonds is 5. The van der Waals surface area contributed by atoms with Crippen LogP contribution in [-0.4, -0.2) is 51.3 Å². The minimum atomic E-state index is -0.903. The summed E-state index contributed by atoms with van der Waals surface area (Å²) in [7, 11) is 0. The molecular weight excluding hydrogens is 400 g/mol. The van der Waals surface area contributed by atoms with Crippen LogP contribution >= 0.6 is 11.3 Å². The summed E-state index contributed by atoms with van der Waals surface area (Å²) in [5.74, 6) is -0.120. The van der Waals surface area contributed by atoms with Gasteiger partial charge in [-0.25, -0.2) is 4.79 Å². The Morgan fingerprint density at radius 3 is 2.63 bits per heavy atom. The van der Waals surface area contributed by atoms with E-state index in [9.17, 15) is 14.4 Å². The molecule has 0 aromatic carbocycles. The number of carbonyl (C=O) groups excluding carboxylic acids is 3. The second-order valence-electron chi connectivity index (χ2n) is 7.97. The first-order valence-corrected chi connectivity index (χ1v) is 11.2. The Hall–Kier alpha value is -2.74. The number of carbonyl (C=O) groups is 3. The molecule has 30 heavy (non-hydrogen) atoms. The minimum Gasteiger partial charge on any atom is -0.338 e. The van der Waals surface area contributed by atoms with E-state index in [4.69, 9.17) is 0 Å². The van der Waals surface area contributed by atoms with Gasteiger partial charge in [-0.15, -0.1) is 11.3 Å². The van der Waals surface area contributed by atoms with Crippen molar-refractivity contribution >= 4 is 29.2 Å². The van der Waals surface area contributed by atoms with E-state index in [1.807, 2.05) is 42.3 Å². The van der Waals surface area contributed by atoms with Crippen LogP contribution in [0, 0.1) is 12.8 Å². The zero-order valence-corrected chi connectivity index (χ0v) is 18.1. The van der Waals surface area contributed by atoms with Gasteiger partial charge >= 0.3 is 6.03 Å². The lowest BCUT2D eigenvalue weighted by Gasteiger charge is -2.40. The highest BCUT2D eigenvalue weighted by atomic mass is 32.1. The van der Waals surface area contributed by atoms with Gasteiger partial charge in [-0.1, -0.05) is 13.0 Å². The quantitative estimate of drug-likeness (QED) is 0.745. The van der Waals surface area contributed by atoms with Gasteiger partial charge in [-0.2, -0.15) is 0 Å². The third-order valence-corrected chi connectivity index (χ3v) is 7.35. The molecule has 2 fully saturated rings. The highest BCUT2D eigenvalue weighted by Crippen LogP contribution is 2.37. The maximum absolute atomic E-state index is 13.4.